The minimum atomic E-state index is -3.66. The standard InChI is InChI=1S/C3H9O4P.C2H6O4S.CH5NO3/c1-5-8(4,6-2)7-3;1-5-7(3,4)6-2;1-5-2(3)4/h1-3H3;1-2H3;3-4H,1H3. The lowest BCUT2D eigenvalue weighted by Crippen LogP contribution is -2.09. The highest BCUT2D eigenvalue weighted by Gasteiger charge is 2.18. The van der Waals surface area contributed by atoms with Gasteiger partial charge in [-0.1, -0.05) is 0 Å². The topological polar surface area (TPSA) is 150 Å². The molecule has 0 aliphatic carbocycles. The van der Waals surface area contributed by atoms with Gasteiger partial charge >= 0.3 is 18.2 Å². The summed E-state index contributed by atoms with van der Waals surface area (Å²) in [5, 5.41) is 14.7. The highest BCUT2D eigenvalue weighted by Crippen LogP contribution is 2.46. The average Bonchev–Trinajstić information content (AvgIpc) is 2.47. The van der Waals surface area contributed by atoms with E-state index in [1.54, 1.807) is 0 Å². The van der Waals surface area contributed by atoms with E-state index < -0.39 is 18.2 Å². The Morgan fingerprint density at radius 3 is 1.10 bits per heavy atom. The van der Waals surface area contributed by atoms with E-state index in [1.807, 2.05) is 0 Å². The molecule has 0 heterocycles. The SMILES string of the molecule is CON(O)O.COP(=O)(OC)OC.COS(=O)(=O)OC. The summed E-state index contributed by atoms with van der Waals surface area (Å²) in [4.78, 5) is 3.69. The summed E-state index contributed by atoms with van der Waals surface area (Å²) in [6.45, 7) is 0. The molecule has 0 rings (SSSR count). The molecule has 14 heteroatoms. The van der Waals surface area contributed by atoms with Crippen LogP contribution >= 0.6 is 7.82 Å². The van der Waals surface area contributed by atoms with E-state index in [9.17, 15) is 13.0 Å². The fourth-order valence-corrected chi connectivity index (χ4v) is 0.875. The highest BCUT2D eigenvalue weighted by molar-refractivity contribution is 7.81. The van der Waals surface area contributed by atoms with Crippen molar-refractivity contribution in [2.75, 3.05) is 42.7 Å². The molecule has 126 valence electrons. The van der Waals surface area contributed by atoms with E-state index in [1.165, 1.54) is 21.3 Å². The van der Waals surface area contributed by atoms with Crippen LogP contribution < -0.4 is 0 Å². The zero-order valence-electron chi connectivity index (χ0n) is 11.9. The minimum absolute atomic E-state index is 0.375. The molecule has 0 unspecified atom stereocenters. The van der Waals surface area contributed by atoms with Crippen molar-refractivity contribution in [3.8, 4) is 0 Å². The average molecular weight is 345 g/mol. The monoisotopic (exact) mass is 345 g/mol. The quantitative estimate of drug-likeness (QED) is 0.499. The van der Waals surface area contributed by atoms with Crippen molar-refractivity contribution in [1.29, 1.82) is 0 Å². The predicted molar refractivity (Wildman–Crippen MR) is 64.0 cm³/mol. The molecular weight excluding hydrogens is 325 g/mol. The normalized spacial score (nSPS) is 11.2. The largest absolute Gasteiger partial charge is 0.473 e. The maximum Gasteiger partial charge on any atom is 0.473 e. The van der Waals surface area contributed by atoms with Gasteiger partial charge in [-0.3, -0.25) is 37.2 Å². The van der Waals surface area contributed by atoms with Gasteiger partial charge < -0.3 is 0 Å². The fourth-order valence-electron chi connectivity index (χ4n) is 0.292. The second-order valence-corrected chi connectivity index (χ2v) is 5.64. The second-order valence-electron chi connectivity index (χ2n) is 2.17. The molecule has 0 aromatic carbocycles. The van der Waals surface area contributed by atoms with Gasteiger partial charge in [0, 0.05) is 21.3 Å². The number of rotatable bonds is 6. The van der Waals surface area contributed by atoms with Crippen LogP contribution in [0.2, 0.25) is 0 Å². The Hall–Kier alpha value is -0.180. The van der Waals surface area contributed by atoms with E-state index in [-0.39, 0.29) is 5.39 Å². The van der Waals surface area contributed by atoms with E-state index in [0.717, 1.165) is 21.3 Å². The number of phosphoric ester groups is 1. The molecule has 0 atom stereocenters. The van der Waals surface area contributed by atoms with Crippen molar-refractivity contribution >= 4 is 18.2 Å². The van der Waals surface area contributed by atoms with Crippen LogP contribution in [-0.4, -0.2) is 66.9 Å². The Morgan fingerprint density at radius 2 is 1.10 bits per heavy atom. The first kappa shape index (κ1) is 24.8. The third-order valence-electron chi connectivity index (χ3n) is 1.24. The Kier molecular flexibility index (Phi) is 17.1. The molecule has 0 aliphatic rings. The summed E-state index contributed by atoms with van der Waals surface area (Å²) in [7, 11) is 0.132. The summed E-state index contributed by atoms with van der Waals surface area (Å²) in [6, 6.07) is 0. The summed E-state index contributed by atoms with van der Waals surface area (Å²) >= 11 is 0. The van der Waals surface area contributed by atoms with Gasteiger partial charge in [-0.15, -0.1) is 0 Å². The van der Waals surface area contributed by atoms with Crippen LogP contribution in [0.1, 0.15) is 0 Å². The van der Waals surface area contributed by atoms with Crippen molar-refractivity contribution in [3.05, 3.63) is 0 Å². The van der Waals surface area contributed by atoms with Crippen molar-refractivity contribution in [1.82, 2.24) is 5.39 Å². The highest BCUT2D eigenvalue weighted by atomic mass is 32.3. The van der Waals surface area contributed by atoms with Gasteiger partial charge in [0.05, 0.1) is 26.7 Å². The van der Waals surface area contributed by atoms with Crippen molar-refractivity contribution in [2.24, 2.45) is 0 Å². The lowest BCUT2D eigenvalue weighted by molar-refractivity contribution is -0.483. The molecule has 20 heavy (non-hydrogen) atoms. The van der Waals surface area contributed by atoms with E-state index in [2.05, 4.69) is 26.8 Å². The van der Waals surface area contributed by atoms with Crippen LogP contribution in [0.25, 0.3) is 0 Å². The maximum absolute atomic E-state index is 10.7. The number of nitrogens with zero attached hydrogens (tertiary/aromatic N) is 1. The lowest BCUT2D eigenvalue weighted by Gasteiger charge is -2.08. The molecule has 0 amide bonds. The molecule has 2 N–H and O–H groups in total. The second kappa shape index (κ2) is 13.8. The number of hydrogen-bond donors (Lipinski definition) is 2. The van der Waals surface area contributed by atoms with Crippen molar-refractivity contribution in [2.45, 2.75) is 0 Å². The molecule has 0 aromatic rings. The van der Waals surface area contributed by atoms with Gasteiger partial charge in [-0.2, -0.15) is 8.42 Å². The molecule has 0 fully saturated rings. The van der Waals surface area contributed by atoms with Crippen LogP contribution in [0.3, 0.4) is 0 Å². The molecular formula is C6H20NO11PS. The first-order valence-electron chi connectivity index (χ1n) is 4.43. The zero-order valence-corrected chi connectivity index (χ0v) is 13.6. The van der Waals surface area contributed by atoms with Crippen molar-refractivity contribution in [3.63, 3.8) is 0 Å². The van der Waals surface area contributed by atoms with Crippen LogP contribution in [0.15, 0.2) is 0 Å². The Bertz CT molecular complexity index is 316. The minimum Gasteiger partial charge on any atom is -0.290 e. The van der Waals surface area contributed by atoms with Crippen LogP contribution in [-0.2, 0) is 41.7 Å². The third-order valence-corrected chi connectivity index (χ3v) is 3.40. The molecule has 0 bridgehead atoms. The molecule has 0 spiro atoms. The Balaban J connectivity index is -0.000000223. The van der Waals surface area contributed by atoms with Crippen molar-refractivity contribution < 1.29 is 50.2 Å². The summed E-state index contributed by atoms with van der Waals surface area (Å²) in [5.41, 5.74) is 0. The molecule has 0 radical (unpaired) electrons. The van der Waals surface area contributed by atoms with E-state index >= 15 is 0 Å². The Labute approximate surface area is 117 Å². The van der Waals surface area contributed by atoms with Gasteiger partial charge in [-0.25, -0.2) is 4.57 Å². The summed E-state index contributed by atoms with van der Waals surface area (Å²) in [6.07, 6.45) is 0. The first-order valence-corrected chi connectivity index (χ1v) is 7.22. The maximum atomic E-state index is 10.7. The van der Waals surface area contributed by atoms with Gasteiger partial charge in [0.15, 0.2) is 0 Å². The molecule has 12 nitrogen and oxygen atoms in total. The zero-order chi connectivity index (χ0) is 16.8. The van der Waals surface area contributed by atoms with E-state index in [0.29, 0.717) is 0 Å². The van der Waals surface area contributed by atoms with Crippen LogP contribution in [0.5, 0.6) is 0 Å². The summed E-state index contributed by atoms with van der Waals surface area (Å²) in [5.74, 6) is 0. The first-order chi connectivity index (χ1) is 9.07. The smallest absolute Gasteiger partial charge is 0.290 e. The number of phosphoric acid groups is 1. The Morgan fingerprint density at radius 1 is 0.850 bits per heavy atom. The third kappa shape index (κ3) is 17.8. The molecule has 0 saturated carbocycles. The molecule has 0 saturated heterocycles. The van der Waals surface area contributed by atoms with Crippen LogP contribution in [0, 0.1) is 0 Å². The fraction of sp³-hybridized carbons (Fsp3) is 1.00. The van der Waals surface area contributed by atoms with Gasteiger partial charge in [0.1, 0.15) is 0 Å². The predicted octanol–water partition coefficient (Wildman–Crippen LogP) is 0.186. The molecule has 0 aliphatic heterocycles. The molecule has 0 aromatic heterocycles. The number of hydrogen-bond acceptors (Lipinski definition) is 12. The summed E-state index contributed by atoms with van der Waals surface area (Å²) < 4.78 is 51.2. The van der Waals surface area contributed by atoms with Gasteiger partial charge in [0.25, 0.3) is 0 Å². The van der Waals surface area contributed by atoms with Crippen LogP contribution in [0.4, 0.5) is 0 Å². The van der Waals surface area contributed by atoms with Gasteiger partial charge in [-0.05, 0) is 0 Å². The van der Waals surface area contributed by atoms with E-state index in [4.69, 9.17) is 10.4 Å². The van der Waals surface area contributed by atoms with Gasteiger partial charge in [0.2, 0.25) is 0 Å². The lowest BCUT2D eigenvalue weighted by atomic mass is 11.7.